The van der Waals surface area contributed by atoms with E-state index < -0.39 is 0 Å². The molecule has 1 aromatic heterocycles. The first-order valence-corrected chi connectivity index (χ1v) is 10.6. The summed E-state index contributed by atoms with van der Waals surface area (Å²) in [5, 5.41) is 1.50. The molecule has 1 aliphatic heterocycles. The highest BCUT2D eigenvalue weighted by molar-refractivity contribution is 7.99. The van der Waals surface area contributed by atoms with Gasteiger partial charge in [-0.25, -0.2) is 4.98 Å². The van der Waals surface area contributed by atoms with Crippen molar-refractivity contribution < 1.29 is 4.74 Å². The van der Waals surface area contributed by atoms with Gasteiger partial charge >= 0.3 is 0 Å². The summed E-state index contributed by atoms with van der Waals surface area (Å²) in [5.41, 5.74) is 2.13. The van der Waals surface area contributed by atoms with Crippen molar-refractivity contribution in [2.24, 2.45) is 0 Å². The molecule has 0 amide bonds. The maximum absolute atomic E-state index is 13.1. The number of aromatic nitrogens is 2. The van der Waals surface area contributed by atoms with Gasteiger partial charge in [0.1, 0.15) is 0 Å². The minimum atomic E-state index is 0.0588. The molecule has 1 aliphatic rings. The molecule has 3 aromatic rings. The Hall–Kier alpha value is -2.11. The van der Waals surface area contributed by atoms with Crippen LogP contribution in [0.2, 0.25) is 0 Å². The van der Waals surface area contributed by atoms with Crippen LogP contribution in [0.15, 0.2) is 64.5 Å². The van der Waals surface area contributed by atoms with Gasteiger partial charge in [-0.1, -0.05) is 54.2 Å². The summed E-state index contributed by atoms with van der Waals surface area (Å²) < 4.78 is 7.59. The molecule has 4 nitrogen and oxygen atoms in total. The van der Waals surface area contributed by atoms with Crippen molar-refractivity contribution in [2.45, 2.75) is 43.5 Å². The van der Waals surface area contributed by atoms with Crippen LogP contribution in [0.3, 0.4) is 0 Å². The number of para-hydroxylation sites is 1. The number of nitrogens with zero attached hydrogens (tertiary/aromatic N) is 2. The fraction of sp³-hybridized carbons (Fsp3) is 0.364. The Kier molecular flexibility index (Phi) is 5.90. The van der Waals surface area contributed by atoms with Crippen LogP contribution in [0.5, 0.6) is 0 Å². The highest BCUT2D eigenvalue weighted by atomic mass is 32.2. The molecule has 0 spiro atoms. The van der Waals surface area contributed by atoms with Crippen LogP contribution in [0.1, 0.15) is 24.8 Å². The molecule has 140 valence electrons. The Morgan fingerprint density at radius 3 is 2.74 bits per heavy atom. The van der Waals surface area contributed by atoms with Crippen molar-refractivity contribution in [1.82, 2.24) is 9.55 Å². The van der Waals surface area contributed by atoms with Gasteiger partial charge in [0, 0.05) is 18.9 Å². The number of rotatable bonds is 7. The molecule has 0 N–H and O–H groups in total. The van der Waals surface area contributed by atoms with E-state index in [-0.39, 0.29) is 11.7 Å². The Bertz CT molecular complexity index is 949. The number of fused-ring (bicyclic) bond motifs is 1. The second-order valence-corrected chi connectivity index (χ2v) is 7.89. The van der Waals surface area contributed by atoms with Gasteiger partial charge in [-0.2, -0.15) is 0 Å². The van der Waals surface area contributed by atoms with E-state index in [1.165, 1.54) is 5.56 Å². The SMILES string of the molecule is O=c1c2ccccc2nc(SC[C@H]2CCCO2)n1CCCc1ccccc1. The van der Waals surface area contributed by atoms with E-state index in [0.29, 0.717) is 11.9 Å². The summed E-state index contributed by atoms with van der Waals surface area (Å²) in [6, 6.07) is 18.0. The van der Waals surface area contributed by atoms with Crippen LogP contribution in [-0.2, 0) is 17.7 Å². The summed E-state index contributed by atoms with van der Waals surface area (Å²) in [5.74, 6) is 0.851. The monoisotopic (exact) mass is 380 g/mol. The van der Waals surface area contributed by atoms with Crippen LogP contribution < -0.4 is 5.56 Å². The minimum Gasteiger partial charge on any atom is -0.377 e. The van der Waals surface area contributed by atoms with Crippen molar-refractivity contribution in [1.29, 1.82) is 0 Å². The second kappa shape index (κ2) is 8.72. The maximum Gasteiger partial charge on any atom is 0.262 e. The normalized spacial score (nSPS) is 16.8. The van der Waals surface area contributed by atoms with Gasteiger partial charge in [0.05, 0.1) is 17.0 Å². The van der Waals surface area contributed by atoms with Crippen LogP contribution >= 0.6 is 11.8 Å². The quantitative estimate of drug-likeness (QED) is 0.453. The van der Waals surface area contributed by atoms with Gasteiger partial charge in [0.25, 0.3) is 5.56 Å². The first kappa shape index (κ1) is 18.3. The highest BCUT2D eigenvalue weighted by Crippen LogP contribution is 2.23. The van der Waals surface area contributed by atoms with Crippen molar-refractivity contribution in [3.8, 4) is 0 Å². The zero-order valence-electron chi connectivity index (χ0n) is 15.3. The molecule has 0 radical (unpaired) electrons. The van der Waals surface area contributed by atoms with Crippen LogP contribution in [0, 0.1) is 0 Å². The molecule has 5 heteroatoms. The van der Waals surface area contributed by atoms with Gasteiger partial charge in [0.2, 0.25) is 0 Å². The lowest BCUT2D eigenvalue weighted by atomic mass is 10.1. The molecule has 0 saturated carbocycles. The summed E-state index contributed by atoms with van der Waals surface area (Å²) >= 11 is 1.65. The predicted octanol–water partition coefficient (Wildman–Crippen LogP) is 4.30. The number of hydrogen-bond acceptors (Lipinski definition) is 4. The molecule has 4 rings (SSSR count). The Labute approximate surface area is 163 Å². The van der Waals surface area contributed by atoms with Gasteiger partial charge in [-0.05, 0) is 43.4 Å². The third-order valence-corrected chi connectivity index (χ3v) is 6.05. The largest absolute Gasteiger partial charge is 0.377 e. The summed E-state index contributed by atoms with van der Waals surface area (Å²) in [7, 11) is 0. The summed E-state index contributed by atoms with van der Waals surface area (Å²) in [6.07, 6.45) is 4.36. The van der Waals surface area contributed by atoms with Crippen LogP contribution in [0.25, 0.3) is 10.9 Å². The molecular weight excluding hydrogens is 356 g/mol. The minimum absolute atomic E-state index is 0.0588. The number of aryl methyl sites for hydroxylation is 1. The van der Waals surface area contributed by atoms with Gasteiger partial charge in [-0.15, -0.1) is 0 Å². The van der Waals surface area contributed by atoms with Crippen LogP contribution in [0.4, 0.5) is 0 Å². The number of thioether (sulfide) groups is 1. The Morgan fingerprint density at radius 1 is 1.11 bits per heavy atom. The van der Waals surface area contributed by atoms with E-state index in [2.05, 4.69) is 24.3 Å². The fourth-order valence-electron chi connectivity index (χ4n) is 3.48. The fourth-order valence-corrected chi connectivity index (χ4v) is 4.58. The summed E-state index contributed by atoms with van der Waals surface area (Å²) in [6.45, 7) is 1.53. The number of ether oxygens (including phenoxy) is 1. The zero-order valence-corrected chi connectivity index (χ0v) is 16.2. The van der Waals surface area contributed by atoms with E-state index in [1.807, 2.05) is 34.9 Å². The van der Waals surface area contributed by atoms with E-state index in [4.69, 9.17) is 9.72 Å². The molecule has 2 aromatic carbocycles. The zero-order chi connectivity index (χ0) is 18.5. The van der Waals surface area contributed by atoms with Crippen molar-refractivity contribution in [3.63, 3.8) is 0 Å². The van der Waals surface area contributed by atoms with Gasteiger partial charge in [0.15, 0.2) is 5.16 Å². The van der Waals surface area contributed by atoms with Crippen molar-refractivity contribution in [2.75, 3.05) is 12.4 Å². The molecule has 0 bridgehead atoms. The predicted molar refractivity (Wildman–Crippen MR) is 110 cm³/mol. The molecule has 0 aliphatic carbocycles. The average molecular weight is 381 g/mol. The molecule has 1 fully saturated rings. The first-order chi connectivity index (χ1) is 13.3. The molecule has 2 heterocycles. The molecule has 1 saturated heterocycles. The van der Waals surface area contributed by atoms with E-state index in [1.54, 1.807) is 11.8 Å². The van der Waals surface area contributed by atoms with Crippen LogP contribution in [-0.4, -0.2) is 28.0 Å². The van der Waals surface area contributed by atoms with Gasteiger partial charge in [-0.3, -0.25) is 9.36 Å². The lowest BCUT2D eigenvalue weighted by Gasteiger charge is -2.15. The topological polar surface area (TPSA) is 44.1 Å². The number of hydrogen-bond donors (Lipinski definition) is 0. The van der Waals surface area contributed by atoms with E-state index in [9.17, 15) is 4.79 Å². The molecular formula is C22H24N2O2S. The highest BCUT2D eigenvalue weighted by Gasteiger charge is 2.18. The van der Waals surface area contributed by atoms with Crippen molar-refractivity contribution >= 4 is 22.7 Å². The standard InChI is InChI=1S/C22H24N2O2S/c25-21-19-12-4-5-13-20(19)23-22(27-16-18-11-7-15-26-18)24(21)14-6-10-17-8-2-1-3-9-17/h1-5,8-9,12-13,18H,6-7,10-11,14-16H2/t18-/m1/s1. The third kappa shape index (κ3) is 4.42. The lowest BCUT2D eigenvalue weighted by Crippen LogP contribution is -2.24. The molecule has 27 heavy (non-hydrogen) atoms. The molecule has 0 unspecified atom stereocenters. The lowest BCUT2D eigenvalue weighted by molar-refractivity contribution is 0.129. The summed E-state index contributed by atoms with van der Waals surface area (Å²) in [4.78, 5) is 17.9. The Balaban J connectivity index is 1.56. The maximum atomic E-state index is 13.1. The number of benzene rings is 2. The van der Waals surface area contributed by atoms with E-state index in [0.717, 1.165) is 48.7 Å². The van der Waals surface area contributed by atoms with Crippen molar-refractivity contribution in [3.05, 3.63) is 70.5 Å². The van der Waals surface area contributed by atoms with Gasteiger partial charge < -0.3 is 4.74 Å². The molecule has 1 atom stereocenters. The second-order valence-electron chi connectivity index (χ2n) is 6.90. The van der Waals surface area contributed by atoms with E-state index >= 15 is 0 Å². The smallest absolute Gasteiger partial charge is 0.262 e. The first-order valence-electron chi connectivity index (χ1n) is 9.59. The average Bonchev–Trinajstić information content (AvgIpc) is 3.23. The third-order valence-electron chi connectivity index (χ3n) is 4.94. The Morgan fingerprint density at radius 2 is 1.93 bits per heavy atom.